The first kappa shape index (κ1) is 12.4. The van der Waals surface area contributed by atoms with E-state index in [1.54, 1.807) is 23.1 Å². The molecule has 8 heteroatoms. The standard InChI is InChI=1S/C12H14N6O2/c1-2-4-8-11(13)15-17-18(8)7-10-14-12(16-20-10)9-5-3-6-19-9/h3,5-6H,2,4,7,13H2,1H3. The first-order valence-corrected chi connectivity index (χ1v) is 6.32. The molecule has 3 heterocycles. The lowest BCUT2D eigenvalue weighted by Crippen LogP contribution is -2.07. The molecule has 0 spiro atoms. The predicted molar refractivity (Wildman–Crippen MR) is 69.5 cm³/mol. The van der Waals surface area contributed by atoms with Crippen molar-refractivity contribution in [2.75, 3.05) is 5.73 Å². The van der Waals surface area contributed by atoms with E-state index in [1.165, 1.54) is 0 Å². The largest absolute Gasteiger partial charge is 0.461 e. The maximum Gasteiger partial charge on any atom is 0.248 e. The molecule has 0 amide bonds. The molecule has 104 valence electrons. The molecule has 3 rings (SSSR count). The van der Waals surface area contributed by atoms with Crippen LogP contribution in [0.25, 0.3) is 11.6 Å². The highest BCUT2D eigenvalue weighted by Crippen LogP contribution is 2.17. The van der Waals surface area contributed by atoms with Gasteiger partial charge in [-0.15, -0.1) is 5.10 Å². The highest BCUT2D eigenvalue weighted by Gasteiger charge is 2.15. The Balaban J connectivity index is 1.82. The third-order valence-corrected chi connectivity index (χ3v) is 2.85. The number of rotatable bonds is 5. The van der Waals surface area contributed by atoms with Crippen LogP contribution >= 0.6 is 0 Å². The summed E-state index contributed by atoms with van der Waals surface area (Å²) in [5.74, 6) is 1.85. The van der Waals surface area contributed by atoms with Crippen LogP contribution in [0.3, 0.4) is 0 Å². The molecular formula is C12H14N6O2. The van der Waals surface area contributed by atoms with E-state index in [-0.39, 0.29) is 0 Å². The molecule has 0 fully saturated rings. The predicted octanol–water partition coefficient (Wildman–Crippen LogP) is 1.50. The second-order valence-corrected chi connectivity index (χ2v) is 4.32. The molecule has 3 aromatic heterocycles. The van der Waals surface area contributed by atoms with Gasteiger partial charge in [0.05, 0.1) is 12.0 Å². The summed E-state index contributed by atoms with van der Waals surface area (Å²) in [5.41, 5.74) is 6.67. The Kier molecular flexibility index (Phi) is 3.20. The SMILES string of the molecule is CCCc1c(N)nnn1Cc1nc(-c2ccco2)no1. The van der Waals surface area contributed by atoms with Gasteiger partial charge in [-0.2, -0.15) is 4.98 Å². The maximum atomic E-state index is 5.79. The normalized spacial score (nSPS) is 11.1. The van der Waals surface area contributed by atoms with Crippen molar-refractivity contribution in [2.45, 2.75) is 26.3 Å². The summed E-state index contributed by atoms with van der Waals surface area (Å²) in [6.45, 7) is 2.41. The van der Waals surface area contributed by atoms with Crippen LogP contribution in [0.2, 0.25) is 0 Å². The Morgan fingerprint density at radius 2 is 2.30 bits per heavy atom. The third-order valence-electron chi connectivity index (χ3n) is 2.85. The Bertz CT molecular complexity index is 685. The van der Waals surface area contributed by atoms with E-state index >= 15 is 0 Å². The summed E-state index contributed by atoms with van der Waals surface area (Å²) < 4.78 is 12.1. The molecule has 3 aromatic rings. The van der Waals surface area contributed by atoms with Crippen molar-refractivity contribution in [2.24, 2.45) is 0 Å². The second-order valence-electron chi connectivity index (χ2n) is 4.32. The minimum absolute atomic E-state index is 0.341. The van der Waals surface area contributed by atoms with Gasteiger partial charge in [-0.25, -0.2) is 4.68 Å². The van der Waals surface area contributed by atoms with Crippen molar-refractivity contribution in [3.05, 3.63) is 30.0 Å². The van der Waals surface area contributed by atoms with Crippen molar-refractivity contribution in [3.63, 3.8) is 0 Å². The minimum Gasteiger partial charge on any atom is -0.461 e. The Hall–Kier alpha value is -2.64. The van der Waals surface area contributed by atoms with Crippen LogP contribution in [0.1, 0.15) is 24.9 Å². The fourth-order valence-electron chi connectivity index (χ4n) is 1.92. The third kappa shape index (κ3) is 2.27. The van der Waals surface area contributed by atoms with Gasteiger partial charge in [0.15, 0.2) is 11.6 Å². The second kappa shape index (κ2) is 5.16. The Labute approximate surface area is 114 Å². The summed E-state index contributed by atoms with van der Waals surface area (Å²) in [6, 6.07) is 3.54. The molecule has 0 saturated carbocycles. The molecule has 0 aromatic carbocycles. The molecule has 0 radical (unpaired) electrons. The van der Waals surface area contributed by atoms with E-state index in [1.807, 2.05) is 0 Å². The molecule has 0 aliphatic carbocycles. The molecule has 0 aliphatic rings. The van der Waals surface area contributed by atoms with E-state index in [9.17, 15) is 0 Å². The summed E-state index contributed by atoms with van der Waals surface area (Å²) in [6.07, 6.45) is 3.32. The van der Waals surface area contributed by atoms with Crippen molar-refractivity contribution in [3.8, 4) is 11.6 Å². The fraction of sp³-hybridized carbons (Fsp3) is 0.333. The maximum absolute atomic E-state index is 5.79. The smallest absolute Gasteiger partial charge is 0.248 e. The lowest BCUT2D eigenvalue weighted by atomic mass is 10.2. The summed E-state index contributed by atoms with van der Waals surface area (Å²) in [7, 11) is 0. The van der Waals surface area contributed by atoms with Crippen LogP contribution in [0, 0.1) is 0 Å². The fourth-order valence-corrected chi connectivity index (χ4v) is 1.92. The van der Waals surface area contributed by atoms with E-state index in [4.69, 9.17) is 14.7 Å². The Morgan fingerprint density at radius 3 is 3.05 bits per heavy atom. The van der Waals surface area contributed by atoms with Crippen molar-refractivity contribution < 1.29 is 8.94 Å². The van der Waals surface area contributed by atoms with Gasteiger partial charge in [-0.3, -0.25) is 0 Å². The molecule has 0 bridgehead atoms. The average molecular weight is 274 g/mol. The molecule has 8 nitrogen and oxygen atoms in total. The number of nitrogens with two attached hydrogens (primary N) is 1. The van der Waals surface area contributed by atoms with Crippen LogP contribution in [0.5, 0.6) is 0 Å². The zero-order chi connectivity index (χ0) is 13.9. The Morgan fingerprint density at radius 1 is 1.40 bits per heavy atom. The van der Waals surface area contributed by atoms with Crippen molar-refractivity contribution >= 4 is 5.82 Å². The van der Waals surface area contributed by atoms with E-state index in [0.717, 1.165) is 18.5 Å². The number of nitrogens with zero attached hydrogens (tertiary/aromatic N) is 5. The van der Waals surface area contributed by atoms with Gasteiger partial charge >= 0.3 is 0 Å². The lowest BCUT2D eigenvalue weighted by Gasteiger charge is -2.02. The first-order valence-electron chi connectivity index (χ1n) is 6.32. The first-order chi connectivity index (χ1) is 9.78. The minimum atomic E-state index is 0.341. The number of hydrogen-bond donors (Lipinski definition) is 1. The van der Waals surface area contributed by atoms with Gasteiger partial charge in [0, 0.05) is 0 Å². The monoisotopic (exact) mass is 274 g/mol. The van der Waals surface area contributed by atoms with Gasteiger partial charge in [-0.05, 0) is 18.6 Å². The highest BCUT2D eigenvalue weighted by molar-refractivity contribution is 5.44. The molecule has 0 atom stereocenters. The van der Waals surface area contributed by atoms with E-state index in [2.05, 4.69) is 27.4 Å². The number of nitrogen functional groups attached to an aromatic ring is 1. The molecule has 0 aliphatic heterocycles. The summed E-state index contributed by atoms with van der Waals surface area (Å²) >= 11 is 0. The van der Waals surface area contributed by atoms with Gasteiger partial charge in [0.2, 0.25) is 11.7 Å². The number of hydrogen-bond acceptors (Lipinski definition) is 7. The summed E-state index contributed by atoms with van der Waals surface area (Å²) in [4.78, 5) is 4.26. The van der Waals surface area contributed by atoms with Gasteiger partial charge in [-0.1, -0.05) is 23.7 Å². The molecule has 0 saturated heterocycles. The quantitative estimate of drug-likeness (QED) is 0.750. The molecule has 20 heavy (non-hydrogen) atoms. The van der Waals surface area contributed by atoms with Crippen LogP contribution in [0.4, 0.5) is 5.82 Å². The van der Waals surface area contributed by atoms with E-state index in [0.29, 0.717) is 29.8 Å². The molecule has 0 unspecified atom stereocenters. The van der Waals surface area contributed by atoms with Crippen LogP contribution in [-0.4, -0.2) is 25.1 Å². The zero-order valence-electron chi connectivity index (χ0n) is 11.0. The molecule has 2 N–H and O–H groups in total. The number of aromatic nitrogens is 5. The topological polar surface area (TPSA) is 109 Å². The lowest BCUT2D eigenvalue weighted by molar-refractivity contribution is 0.361. The van der Waals surface area contributed by atoms with Gasteiger partial charge < -0.3 is 14.7 Å². The van der Waals surface area contributed by atoms with Crippen LogP contribution < -0.4 is 5.73 Å². The van der Waals surface area contributed by atoms with Crippen molar-refractivity contribution in [1.29, 1.82) is 0 Å². The summed E-state index contributed by atoms with van der Waals surface area (Å²) in [5, 5.41) is 11.7. The molecular weight excluding hydrogens is 260 g/mol. The van der Waals surface area contributed by atoms with E-state index < -0.39 is 0 Å². The number of furan rings is 1. The zero-order valence-corrected chi connectivity index (χ0v) is 11.0. The number of anilines is 1. The van der Waals surface area contributed by atoms with Gasteiger partial charge in [0.25, 0.3) is 0 Å². The van der Waals surface area contributed by atoms with Crippen LogP contribution in [0.15, 0.2) is 27.3 Å². The van der Waals surface area contributed by atoms with Crippen molar-refractivity contribution in [1.82, 2.24) is 25.1 Å². The highest BCUT2D eigenvalue weighted by atomic mass is 16.5. The average Bonchev–Trinajstić information content (AvgIpc) is 3.15. The van der Waals surface area contributed by atoms with Crippen LogP contribution in [-0.2, 0) is 13.0 Å². The van der Waals surface area contributed by atoms with Gasteiger partial charge in [0.1, 0.15) is 6.54 Å².